The van der Waals surface area contributed by atoms with Crippen molar-refractivity contribution in [2.24, 2.45) is 0 Å². The minimum Gasteiger partial charge on any atom is -0.408 e. The van der Waals surface area contributed by atoms with Gasteiger partial charge in [-0.05, 0) is 36.4 Å². The summed E-state index contributed by atoms with van der Waals surface area (Å²) in [4.78, 5) is 16.3. The third-order valence-electron chi connectivity index (χ3n) is 3.69. The first kappa shape index (κ1) is 14.7. The molecule has 7 heteroatoms. The van der Waals surface area contributed by atoms with Crippen LogP contribution in [0.4, 0.5) is 0 Å². The zero-order chi connectivity index (χ0) is 16.5. The minimum atomic E-state index is -0.395. The Balaban J connectivity index is 1.55. The summed E-state index contributed by atoms with van der Waals surface area (Å²) in [7, 11) is 0. The molecule has 4 aromatic rings. The molecular weight excluding hydrogens is 330 g/mol. The summed E-state index contributed by atoms with van der Waals surface area (Å²) < 4.78 is 12.0. The minimum absolute atomic E-state index is 0.395. The third kappa shape index (κ3) is 2.72. The molecule has 24 heavy (non-hydrogen) atoms. The molecule has 0 spiro atoms. The largest absolute Gasteiger partial charge is 0.419 e. The monoisotopic (exact) mass is 341 g/mol. The number of fused-ring (bicyclic) bond motifs is 1. The molecule has 120 valence electrons. The fraction of sp³-hybridized carbons (Fsp3) is 0.118. The van der Waals surface area contributed by atoms with Crippen LogP contribution in [0.15, 0.2) is 62.3 Å². The highest BCUT2D eigenvalue weighted by Crippen LogP contribution is 2.19. The highest BCUT2D eigenvalue weighted by atomic mass is 35.5. The van der Waals surface area contributed by atoms with Crippen LogP contribution in [0.1, 0.15) is 5.89 Å². The van der Waals surface area contributed by atoms with Crippen molar-refractivity contribution < 1.29 is 8.94 Å². The number of benzene rings is 2. The van der Waals surface area contributed by atoms with Crippen LogP contribution in [0.2, 0.25) is 5.02 Å². The fourth-order valence-electron chi connectivity index (χ4n) is 2.51. The van der Waals surface area contributed by atoms with E-state index in [1.54, 1.807) is 22.8 Å². The molecule has 2 aromatic heterocycles. The van der Waals surface area contributed by atoms with Gasteiger partial charge in [-0.1, -0.05) is 28.9 Å². The second-order valence-corrected chi connectivity index (χ2v) is 5.69. The van der Waals surface area contributed by atoms with Gasteiger partial charge in [-0.25, -0.2) is 4.79 Å². The Hall–Kier alpha value is -2.86. The van der Waals surface area contributed by atoms with Crippen molar-refractivity contribution in [3.05, 3.63) is 70.0 Å². The molecule has 2 aromatic carbocycles. The van der Waals surface area contributed by atoms with Crippen LogP contribution < -0.4 is 5.76 Å². The molecule has 0 N–H and O–H groups in total. The van der Waals surface area contributed by atoms with Gasteiger partial charge in [-0.2, -0.15) is 4.98 Å². The zero-order valence-corrected chi connectivity index (χ0v) is 13.2. The molecule has 0 saturated carbocycles. The quantitative estimate of drug-likeness (QED) is 0.567. The fourth-order valence-corrected chi connectivity index (χ4v) is 2.63. The van der Waals surface area contributed by atoms with Crippen molar-refractivity contribution in [2.75, 3.05) is 0 Å². The topological polar surface area (TPSA) is 74.1 Å². The maximum absolute atomic E-state index is 11.9. The van der Waals surface area contributed by atoms with Gasteiger partial charge in [0.05, 0.1) is 5.52 Å². The van der Waals surface area contributed by atoms with Crippen molar-refractivity contribution in [3.63, 3.8) is 0 Å². The van der Waals surface area contributed by atoms with Crippen LogP contribution in [0, 0.1) is 0 Å². The molecule has 0 fully saturated rings. The molecule has 0 amide bonds. The van der Waals surface area contributed by atoms with Crippen molar-refractivity contribution in [3.8, 4) is 11.4 Å². The summed E-state index contributed by atoms with van der Waals surface area (Å²) in [6.07, 6.45) is 0.435. The number of rotatable bonds is 4. The zero-order valence-electron chi connectivity index (χ0n) is 12.5. The van der Waals surface area contributed by atoms with E-state index in [9.17, 15) is 4.79 Å². The number of aryl methyl sites for hydroxylation is 2. The van der Waals surface area contributed by atoms with Crippen LogP contribution in [0.5, 0.6) is 0 Å². The van der Waals surface area contributed by atoms with Crippen LogP contribution in [0.25, 0.3) is 22.5 Å². The van der Waals surface area contributed by atoms with Crippen molar-refractivity contribution in [1.82, 2.24) is 14.7 Å². The van der Waals surface area contributed by atoms with Crippen molar-refractivity contribution >= 4 is 22.7 Å². The first-order valence-electron chi connectivity index (χ1n) is 7.37. The van der Waals surface area contributed by atoms with Gasteiger partial charge in [0.15, 0.2) is 5.58 Å². The van der Waals surface area contributed by atoms with E-state index >= 15 is 0 Å². The summed E-state index contributed by atoms with van der Waals surface area (Å²) >= 11 is 5.87. The smallest absolute Gasteiger partial charge is 0.408 e. The van der Waals surface area contributed by atoms with E-state index < -0.39 is 5.76 Å². The second kappa shape index (κ2) is 5.98. The molecule has 6 nitrogen and oxygen atoms in total. The highest BCUT2D eigenvalue weighted by molar-refractivity contribution is 6.30. The summed E-state index contributed by atoms with van der Waals surface area (Å²) in [6.45, 7) is 0.401. The van der Waals surface area contributed by atoms with Crippen LogP contribution >= 0.6 is 11.6 Å². The van der Waals surface area contributed by atoms with Crippen LogP contribution in [-0.4, -0.2) is 14.7 Å². The SMILES string of the molecule is O=c1oc2ccccc2n1CCc1nc(-c2ccc(Cl)cc2)no1. The Labute approximate surface area is 141 Å². The Morgan fingerprint density at radius 1 is 1.08 bits per heavy atom. The van der Waals surface area contributed by atoms with Gasteiger partial charge in [0.25, 0.3) is 0 Å². The Bertz CT molecular complexity index is 1050. The number of oxazole rings is 1. The molecule has 0 radical (unpaired) electrons. The molecule has 0 aliphatic carbocycles. The van der Waals surface area contributed by atoms with Crippen LogP contribution in [0.3, 0.4) is 0 Å². The Kier molecular flexibility index (Phi) is 3.66. The van der Waals surface area contributed by atoms with E-state index in [2.05, 4.69) is 10.1 Å². The maximum Gasteiger partial charge on any atom is 0.419 e. The number of nitrogens with zero attached hydrogens (tertiary/aromatic N) is 3. The second-order valence-electron chi connectivity index (χ2n) is 5.26. The predicted octanol–water partition coefficient (Wildman–Crippen LogP) is 3.54. The molecule has 0 unspecified atom stereocenters. The predicted molar refractivity (Wildman–Crippen MR) is 88.9 cm³/mol. The average molecular weight is 342 g/mol. The van der Waals surface area contributed by atoms with Gasteiger partial charge in [0.1, 0.15) is 0 Å². The van der Waals surface area contributed by atoms with Crippen molar-refractivity contribution in [1.29, 1.82) is 0 Å². The van der Waals surface area contributed by atoms with Gasteiger partial charge in [0.2, 0.25) is 11.7 Å². The lowest BCUT2D eigenvalue weighted by atomic mass is 10.2. The summed E-state index contributed by atoms with van der Waals surface area (Å²) in [6, 6.07) is 14.5. The summed E-state index contributed by atoms with van der Waals surface area (Å²) in [5.74, 6) is 0.553. The number of halogens is 1. The lowest BCUT2D eigenvalue weighted by Crippen LogP contribution is -2.15. The van der Waals surface area contributed by atoms with Gasteiger partial charge >= 0.3 is 5.76 Å². The number of para-hydroxylation sites is 2. The summed E-state index contributed by atoms with van der Waals surface area (Å²) in [5.41, 5.74) is 2.13. The van der Waals surface area contributed by atoms with E-state index in [1.165, 1.54) is 0 Å². The molecule has 0 aliphatic heterocycles. The lowest BCUT2D eigenvalue weighted by molar-refractivity contribution is 0.370. The maximum atomic E-state index is 11.9. The standard InChI is InChI=1S/C17H12ClN3O3/c18-12-7-5-11(6-8-12)16-19-15(24-20-16)9-10-21-13-3-1-2-4-14(13)23-17(21)22/h1-8H,9-10H2. The first-order valence-corrected chi connectivity index (χ1v) is 7.75. The van der Waals surface area contributed by atoms with Gasteiger partial charge in [-0.15, -0.1) is 0 Å². The van der Waals surface area contributed by atoms with Crippen LogP contribution in [-0.2, 0) is 13.0 Å². The Morgan fingerprint density at radius 2 is 1.88 bits per heavy atom. The molecule has 0 atom stereocenters. The normalized spacial score (nSPS) is 11.2. The van der Waals surface area contributed by atoms with E-state index in [4.69, 9.17) is 20.5 Å². The molecular formula is C17H12ClN3O3. The molecule has 0 aliphatic rings. The van der Waals surface area contributed by atoms with Crippen molar-refractivity contribution in [2.45, 2.75) is 13.0 Å². The highest BCUT2D eigenvalue weighted by Gasteiger charge is 2.12. The van der Waals surface area contributed by atoms with Gasteiger partial charge < -0.3 is 8.94 Å². The molecule has 4 rings (SSSR count). The van der Waals surface area contributed by atoms with Gasteiger partial charge in [0, 0.05) is 23.6 Å². The first-order chi connectivity index (χ1) is 11.7. The molecule has 0 bridgehead atoms. The number of hydrogen-bond donors (Lipinski definition) is 0. The summed E-state index contributed by atoms with van der Waals surface area (Å²) in [5, 5.41) is 4.61. The van der Waals surface area contributed by atoms with E-state index in [0.717, 1.165) is 11.1 Å². The number of hydrogen-bond acceptors (Lipinski definition) is 5. The third-order valence-corrected chi connectivity index (χ3v) is 3.95. The van der Waals surface area contributed by atoms with E-state index in [1.807, 2.05) is 30.3 Å². The average Bonchev–Trinajstić information content (AvgIpc) is 3.17. The number of aromatic nitrogens is 3. The van der Waals surface area contributed by atoms with Gasteiger partial charge in [-0.3, -0.25) is 4.57 Å². The molecule has 2 heterocycles. The van der Waals surface area contributed by atoms with E-state index in [0.29, 0.717) is 35.3 Å². The lowest BCUT2D eigenvalue weighted by Gasteiger charge is -1.98. The Morgan fingerprint density at radius 3 is 2.71 bits per heavy atom. The van der Waals surface area contributed by atoms with E-state index in [-0.39, 0.29) is 0 Å². The molecule has 0 saturated heterocycles.